The second-order valence-electron chi connectivity index (χ2n) is 6.73. The quantitative estimate of drug-likeness (QED) is 0.580. The molecular weight excluding hydrogens is 376 g/mol. The lowest BCUT2D eigenvalue weighted by Crippen LogP contribution is -2.31. The molecule has 3 rings (SSSR count). The minimum absolute atomic E-state index is 0.0579. The van der Waals surface area contributed by atoms with Crippen LogP contribution in [-0.2, 0) is 20.2 Å². The normalized spacial score (nSPS) is 11.0. The number of hydrogen-bond acceptors (Lipinski definition) is 6. The van der Waals surface area contributed by atoms with E-state index in [1.807, 2.05) is 6.92 Å². The van der Waals surface area contributed by atoms with Crippen LogP contribution in [0.4, 0.5) is 0 Å². The van der Waals surface area contributed by atoms with Crippen LogP contribution in [0.15, 0.2) is 27.8 Å². The molecule has 0 fully saturated rings. The Bertz CT molecular complexity index is 1170. The third-order valence-electron chi connectivity index (χ3n) is 4.77. The fourth-order valence-electron chi connectivity index (χ4n) is 3.09. The summed E-state index contributed by atoms with van der Waals surface area (Å²) in [5, 5.41) is 0. The molecule has 9 nitrogen and oxygen atoms in total. The number of fused-ring (bicyclic) bond motifs is 1. The van der Waals surface area contributed by atoms with Crippen molar-refractivity contribution in [1.29, 1.82) is 0 Å². The molecule has 0 unspecified atom stereocenters. The fraction of sp³-hybridized carbons (Fsp3) is 0.400. The van der Waals surface area contributed by atoms with Crippen molar-refractivity contribution in [3.05, 3.63) is 50.4 Å². The average Bonchev–Trinajstić information content (AvgIpc) is 3.02. The Balaban J connectivity index is 1.96. The van der Waals surface area contributed by atoms with Crippen molar-refractivity contribution < 1.29 is 14.3 Å². The summed E-state index contributed by atoms with van der Waals surface area (Å²) < 4.78 is 14.2. The second kappa shape index (κ2) is 8.34. The third-order valence-corrected chi connectivity index (χ3v) is 4.77. The standard InChI is InChI=1S/C20H24N4O5/c1-5-6-9-24-18-17(19(26)22-20(24)27)23(3)16(21-18)11-29-14-8-7-13(12(2)25)10-15(14)28-4/h7-8,10H,5-6,9,11H2,1-4H3,(H,22,26,27). The number of aromatic nitrogens is 4. The molecule has 3 aromatic rings. The maximum absolute atomic E-state index is 12.3. The zero-order valence-electron chi connectivity index (χ0n) is 16.9. The van der Waals surface area contributed by atoms with Gasteiger partial charge in [-0.2, -0.15) is 0 Å². The van der Waals surface area contributed by atoms with E-state index in [9.17, 15) is 14.4 Å². The van der Waals surface area contributed by atoms with Gasteiger partial charge in [0.15, 0.2) is 28.4 Å². The van der Waals surface area contributed by atoms with Crippen LogP contribution in [0.25, 0.3) is 11.2 Å². The Morgan fingerprint density at radius 2 is 2.00 bits per heavy atom. The molecule has 9 heteroatoms. The van der Waals surface area contributed by atoms with Gasteiger partial charge in [-0.1, -0.05) is 13.3 Å². The van der Waals surface area contributed by atoms with E-state index in [4.69, 9.17) is 9.47 Å². The lowest BCUT2D eigenvalue weighted by atomic mass is 10.1. The van der Waals surface area contributed by atoms with E-state index in [2.05, 4.69) is 9.97 Å². The number of aryl methyl sites for hydroxylation is 2. The first-order chi connectivity index (χ1) is 13.9. The van der Waals surface area contributed by atoms with E-state index in [0.717, 1.165) is 12.8 Å². The topological polar surface area (TPSA) is 108 Å². The molecule has 0 aliphatic rings. The highest BCUT2D eigenvalue weighted by molar-refractivity contribution is 5.94. The van der Waals surface area contributed by atoms with Crippen molar-refractivity contribution in [2.75, 3.05) is 7.11 Å². The third kappa shape index (κ3) is 3.94. The first kappa shape index (κ1) is 20.4. The lowest BCUT2D eigenvalue weighted by Gasteiger charge is -2.11. The monoisotopic (exact) mass is 400 g/mol. The first-order valence-electron chi connectivity index (χ1n) is 9.37. The van der Waals surface area contributed by atoms with Crippen molar-refractivity contribution in [2.45, 2.75) is 39.8 Å². The van der Waals surface area contributed by atoms with E-state index >= 15 is 0 Å². The van der Waals surface area contributed by atoms with Crippen LogP contribution in [0, 0.1) is 0 Å². The Morgan fingerprint density at radius 3 is 2.66 bits per heavy atom. The van der Waals surface area contributed by atoms with Crippen molar-refractivity contribution in [1.82, 2.24) is 19.1 Å². The maximum Gasteiger partial charge on any atom is 0.330 e. The SMILES string of the molecule is CCCCn1c(=O)[nH]c(=O)c2c1nc(COc1ccc(C(C)=O)cc1OC)n2C. The molecule has 154 valence electrons. The highest BCUT2D eigenvalue weighted by atomic mass is 16.5. The molecule has 1 N–H and O–H groups in total. The Kier molecular flexibility index (Phi) is 5.86. The van der Waals surface area contributed by atoms with Gasteiger partial charge < -0.3 is 14.0 Å². The molecule has 0 bridgehead atoms. The summed E-state index contributed by atoms with van der Waals surface area (Å²) in [6, 6.07) is 4.92. The first-order valence-corrected chi connectivity index (χ1v) is 9.37. The van der Waals surface area contributed by atoms with Crippen LogP contribution < -0.4 is 20.7 Å². The number of nitrogens with one attached hydrogen (secondary N) is 1. The number of benzene rings is 1. The number of ether oxygens (including phenoxy) is 2. The van der Waals surface area contributed by atoms with Gasteiger partial charge in [-0.25, -0.2) is 9.78 Å². The molecule has 2 aromatic heterocycles. The number of aromatic amines is 1. The van der Waals surface area contributed by atoms with Gasteiger partial charge in [0.2, 0.25) is 0 Å². The van der Waals surface area contributed by atoms with Gasteiger partial charge in [-0.15, -0.1) is 0 Å². The second-order valence-corrected chi connectivity index (χ2v) is 6.73. The number of hydrogen-bond donors (Lipinski definition) is 1. The maximum atomic E-state index is 12.3. The zero-order chi connectivity index (χ0) is 21.1. The molecule has 2 heterocycles. The predicted octanol–water partition coefficient (Wildman–Crippen LogP) is 2.01. The van der Waals surface area contributed by atoms with Crippen molar-refractivity contribution in [3.8, 4) is 11.5 Å². The van der Waals surface area contributed by atoms with E-state index in [1.54, 1.807) is 29.8 Å². The number of H-pyrrole nitrogens is 1. The average molecular weight is 400 g/mol. The minimum atomic E-state index is -0.484. The van der Waals surface area contributed by atoms with Crippen molar-refractivity contribution in [3.63, 3.8) is 0 Å². The number of carbonyl (C=O) groups is 1. The van der Waals surface area contributed by atoms with E-state index in [-0.39, 0.29) is 12.4 Å². The molecule has 0 aliphatic carbocycles. The van der Waals surface area contributed by atoms with E-state index in [0.29, 0.717) is 40.6 Å². The van der Waals surface area contributed by atoms with Crippen molar-refractivity contribution in [2.24, 2.45) is 7.05 Å². The highest BCUT2D eigenvalue weighted by Crippen LogP contribution is 2.29. The van der Waals surface area contributed by atoms with Crippen molar-refractivity contribution >= 4 is 16.9 Å². The molecule has 0 saturated heterocycles. The zero-order valence-corrected chi connectivity index (χ0v) is 16.9. The van der Waals surface area contributed by atoms with Crippen LogP contribution in [0.3, 0.4) is 0 Å². The lowest BCUT2D eigenvalue weighted by molar-refractivity contribution is 0.101. The molecule has 0 saturated carbocycles. The van der Waals surface area contributed by atoms with Gasteiger partial charge in [-0.05, 0) is 31.5 Å². The number of ketones is 1. The molecular formula is C20H24N4O5. The van der Waals surface area contributed by atoms with Gasteiger partial charge >= 0.3 is 5.69 Å². The highest BCUT2D eigenvalue weighted by Gasteiger charge is 2.17. The van der Waals surface area contributed by atoms with E-state index in [1.165, 1.54) is 18.6 Å². The number of carbonyl (C=O) groups excluding carboxylic acids is 1. The van der Waals surface area contributed by atoms with Gasteiger partial charge in [-0.3, -0.25) is 19.1 Å². The summed E-state index contributed by atoms with van der Waals surface area (Å²) in [5.41, 5.74) is 0.221. The summed E-state index contributed by atoms with van der Waals surface area (Å²) in [6.45, 7) is 4.03. The minimum Gasteiger partial charge on any atom is -0.493 e. The summed E-state index contributed by atoms with van der Waals surface area (Å²) in [7, 11) is 3.20. The fourth-order valence-corrected chi connectivity index (χ4v) is 3.09. The summed E-state index contributed by atoms with van der Waals surface area (Å²) >= 11 is 0. The van der Waals surface area contributed by atoms with Gasteiger partial charge in [0.25, 0.3) is 5.56 Å². The largest absolute Gasteiger partial charge is 0.493 e. The van der Waals surface area contributed by atoms with E-state index < -0.39 is 11.2 Å². The van der Waals surface area contributed by atoms with Crippen LogP contribution in [0.5, 0.6) is 11.5 Å². The van der Waals surface area contributed by atoms with Crippen LogP contribution >= 0.6 is 0 Å². The Hall–Kier alpha value is -3.36. The smallest absolute Gasteiger partial charge is 0.330 e. The number of nitrogens with zero attached hydrogens (tertiary/aromatic N) is 3. The molecule has 1 aromatic carbocycles. The van der Waals surface area contributed by atoms with Gasteiger partial charge in [0.1, 0.15) is 12.4 Å². The molecule has 29 heavy (non-hydrogen) atoms. The summed E-state index contributed by atoms with van der Waals surface area (Å²) in [6.07, 6.45) is 1.70. The van der Waals surface area contributed by atoms with Crippen LogP contribution in [0.2, 0.25) is 0 Å². The predicted molar refractivity (Wildman–Crippen MR) is 108 cm³/mol. The molecule has 0 atom stereocenters. The summed E-state index contributed by atoms with van der Waals surface area (Å²) in [5.74, 6) is 1.28. The number of Topliss-reactive ketones (excluding diaryl/α,β-unsaturated/α-hetero) is 1. The number of rotatable bonds is 8. The van der Waals surface area contributed by atoms with Gasteiger partial charge in [0, 0.05) is 19.2 Å². The summed E-state index contributed by atoms with van der Waals surface area (Å²) in [4.78, 5) is 42.9. The van der Waals surface area contributed by atoms with Gasteiger partial charge in [0.05, 0.1) is 7.11 Å². The van der Waals surface area contributed by atoms with Crippen LogP contribution in [-0.4, -0.2) is 32.0 Å². The molecule has 0 aliphatic heterocycles. The number of imidazole rings is 1. The number of methoxy groups -OCH3 is 1. The van der Waals surface area contributed by atoms with Crippen LogP contribution in [0.1, 0.15) is 42.9 Å². The number of unbranched alkanes of at least 4 members (excludes halogenated alkanes) is 1. The Morgan fingerprint density at radius 1 is 1.24 bits per heavy atom. The Labute approximate surface area is 166 Å². The molecule has 0 amide bonds. The molecule has 0 radical (unpaired) electrons. The molecule has 0 spiro atoms.